The predicted octanol–water partition coefficient (Wildman–Crippen LogP) is 3.15. The maximum absolute atomic E-state index is 9.54. The molecule has 168 valence electrons. The molecule has 0 bridgehead atoms. The summed E-state index contributed by atoms with van der Waals surface area (Å²) in [5, 5.41) is 14.1. The summed E-state index contributed by atoms with van der Waals surface area (Å²) in [5.74, 6) is 0. The van der Waals surface area contributed by atoms with Crippen LogP contribution in [-0.4, -0.2) is 61.2 Å². The summed E-state index contributed by atoms with van der Waals surface area (Å²) in [4.78, 5) is 12.4. The maximum atomic E-state index is 9.54. The second kappa shape index (κ2) is 8.33. The first-order valence-corrected chi connectivity index (χ1v) is 12.1. The molecular weight excluding hydrogens is 408 g/mol. The highest BCUT2D eigenvalue weighted by molar-refractivity contribution is 5.95. The van der Waals surface area contributed by atoms with E-state index in [0.717, 1.165) is 63.1 Å². The number of nitriles is 1. The highest BCUT2D eigenvalue weighted by Gasteiger charge is 2.37. The van der Waals surface area contributed by atoms with Gasteiger partial charge in [-0.3, -0.25) is 9.88 Å². The third-order valence-electron chi connectivity index (χ3n) is 7.67. The number of pyridine rings is 1. The van der Waals surface area contributed by atoms with Gasteiger partial charge in [-0.15, -0.1) is 0 Å². The Bertz CT molecular complexity index is 1230. The van der Waals surface area contributed by atoms with Crippen molar-refractivity contribution in [3.05, 3.63) is 65.4 Å². The van der Waals surface area contributed by atoms with Gasteiger partial charge in [0.1, 0.15) is 6.07 Å². The molecule has 6 nitrogen and oxygen atoms in total. The Morgan fingerprint density at radius 1 is 1.00 bits per heavy atom. The van der Waals surface area contributed by atoms with Crippen LogP contribution < -0.4 is 15.1 Å². The summed E-state index contributed by atoms with van der Waals surface area (Å²) in [6.07, 6.45) is 2.89. The molecule has 3 aliphatic rings. The first-order chi connectivity index (χ1) is 16.2. The van der Waals surface area contributed by atoms with Gasteiger partial charge in [0, 0.05) is 74.3 Å². The molecule has 3 aromatic rings. The highest BCUT2D eigenvalue weighted by Crippen LogP contribution is 2.34. The van der Waals surface area contributed by atoms with Crippen LogP contribution in [0.25, 0.3) is 10.9 Å². The first-order valence-electron chi connectivity index (χ1n) is 12.1. The van der Waals surface area contributed by atoms with E-state index in [4.69, 9.17) is 0 Å². The predicted molar refractivity (Wildman–Crippen MR) is 133 cm³/mol. The molecule has 4 heterocycles. The Morgan fingerprint density at radius 2 is 1.91 bits per heavy atom. The zero-order chi connectivity index (χ0) is 22.4. The Morgan fingerprint density at radius 3 is 2.82 bits per heavy atom. The molecule has 0 unspecified atom stereocenters. The van der Waals surface area contributed by atoms with Crippen LogP contribution in [0.5, 0.6) is 0 Å². The number of hydrogen-bond donors (Lipinski definition) is 1. The van der Waals surface area contributed by atoms with Gasteiger partial charge in [0.05, 0.1) is 11.1 Å². The van der Waals surface area contributed by atoms with Gasteiger partial charge in [-0.05, 0) is 61.3 Å². The van der Waals surface area contributed by atoms with Gasteiger partial charge in [-0.2, -0.15) is 5.26 Å². The van der Waals surface area contributed by atoms with Gasteiger partial charge in [-0.1, -0.05) is 12.1 Å². The molecule has 0 aliphatic carbocycles. The van der Waals surface area contributed by atoms with Crippen LogP contribution in [0.3, 0.4) is 0 Å². The van der Waals surface area contributed by atoms with E-state index >= 15 is 0 Å². The van der Waals surface area contributed by atoms with E-state index in [9.17, 15) is 5.26 Å². The molecule has 2 fully saturated rings. The zero-order valence-corrected chi connectivity index (χ0v) is 19.2. The number of rotatable bonds is 2. The number of hydrogen-bond acceptors (Lipinski definition) is 6. The fourth-order valence-corrected chi connectivity index (χ4v) is 6.11. The molecule has 1 aromatic heterocycles. The monoisotopic (exact) mass is 438 g/mol. The minimum Gasteiger partial charge on any atom is -0.368 e. The largest absolute Gasteiger partial charge is 0.368 e. The van der Waals surface area contributed by atoms with Crippen LogP contribution >= 0.6 is 0 Å². The Kier molecular flexibility index (Phi) is 5.17. The lowest BCUT2D eigenvalue weighted by Crippen LogP contribution is -2.65. The molecule has 33 heavy (non-hydrogen) atoms. The summed E-state index contributed by atoms with van der Waals surface area (Å²) in [6, 6.07) is 18.2. The van der Waals surface area contributed by atoms with Gasteiger partial charge in [0.2, 0.25) is 0 Å². The van der Waals surface area contributed by atoms with E-state index in [-0.39, 0.29) is 0 Å². The fourth-order valence-electron chi connectivity index (χ4n) is 6.11. The van der Waals surface area contributed by atoms with Crippen molar-refractivity contribution in [2.24, 2.45) is 0 Å². The zero-order valence-electron chi connectivity index (χ0n) is 19.2. The quantitative estimate of drug-likeness (QED) is 0.663. The van der Waals surface area contributed by atoms with Crippen LogP contribution in [0.15, 0.2) is 48.7 Å². The second-order valence-electron chi connectivity index (χ2n) is 9.58. The van der Waals surface area contributed by atoms with E-state index in [1.165, 1.54) is 22.5 Å². The highest BCUT2D eigenvalue weighted by atomic mass is 15.4. The van der Waals surface area contributed by atoms with Gasteiger partial charge in [0.15, 0.2) is 0 Å². The Hall–Kier alpha value is -3.14. The molecule has 6 heteroatoms. The molecule has 1 N–H and O–H groups in total. The molecular formula is C27H30N6. The third kappa shape index (κ3) is 3.52. The SMILES string of the molecule is C[C@H]1CN(c2ccc(C#N)c3ncccc23)C[C@@H]2CN(c3cccc4c3CCNC4)CCN21. The minimum atomic E-state index is 0.474. The molecule has 0 radical (unpaired) electrons. The summed E-state index contributed by atoms with van der Waals surface area (Å²) in [5.41, 5.74) is 7.08. The van der Waals surface area contributed by atoms with E-state index in [0.29, 0.717) is 17.6 Å². The van der Waals surface area contributed by atoms with E-state index in [1.54, 1.807) is 6.20 Å². The number of nitrogens with zero attached hydrogens (tertiary/aromatic N) is 5. The van der Waals surface area contributed by atoms with Crippen LogP contribution in [0, 0.1) is 11.3 Å². The molecule has 2 saturated heterocycles. The molecule has 0 saturated carbocycles. The molecule has 2 aromatic carbocycles. The van der Waals surface area contributed by atoms with Crippen molar-refractivity contribution in [1.29, 1.82) is 5.26 Å². The van der Waals surface area contributed by atoms with Crippen molar-refractivity contribution in [2.45, 2.75) is 32.0 Å². The maximum Gasteiger partial charge on any atom is 0.101 e. The molecule has 2 atom stereocenters. The van der Waals surface area contributed by atoms with Crippen molar-refractivity contribution >= 4 is 22.3 Å². The third-order valence-corrected chi connectivity index (χ3v) is 7.67. The molecule has 6 rings (SSSR count). The number of nitrogens with one attached hydrogen (secondary N) is 1. The lowest BCUT2D eigenvalue weighted by molar-refractivity contribution is 0.108. The topological polar surface area (TPSA) is 58.4 Å². The van der Waals surface area contributed by atoms with Crippen LogP contribution in [0.4, 0.5) is 11.4 Å². The minimum absolute atomic E-state index is 0.474. The normalized spacial score (nSPS) is 23.2. The van der Waals surface area contributed by atoms with Crippen LogP contribution in [-0.2, 0) is 13.0 Å². The van der Waals surface area contributed by atoms with Gasteiger partial charge in [-0.25, -0.2) is 0 Å². The van der Waals surface area contributed by atoms with Gasteiger partial charge < -0.3 is 15.1 Å². The Labute approximate surface area is 195 Å². The lowest BCUT2D eigenvalue weighted by atomic mass is 9.96. The summed E-state index contributed by atoms with van der Waals surface area (Å²) < 4.78 is 0. The van der Waals surface area contributed by atoms with E-state index < -0.39 is 0 Å². The van der Waals surface area contributed by atoms with E-state index in [2.05, 4.69) is 68.3 Å². The molecule has 0 amide bonds. The fraction of sp³-hybridized carbons (Fsp3) is 0.407. The number of anilines is 2. The number of fused-ring (bicyclic) bond motifs is 3. The van der Waals surface area contributed by atoms with Gasteiger partial charge in [0.25, 0.3) is 0 Å². The second-order valence-corrected chi connectivity index (χ2v) is 9.58. The average molecular weight is 439 g/mol. The molecule has 3 aliphatic heterocycles. The number of piperazine rings is 2. The standard InChI is InChI=1S/C27H30N6/c1-19-16-32(26-8-7-20(14-28)27-24(26)5-3-10-30-27)18-22-17-31(12-13-33(19)22)25-6-2-4-21-15-29-11-9-23(21)25/h2-8,10,19,22,29H,9,11-13,15-18H2,1H3/t19-,22-/m0/s1. The summed E-state index contributed by atoms with van der Waals surface area (Å²) in [6.45, 7) is 9.65. The number of aromatic nitrogens is 1. The summed E-state index contributed by atoms with van der Waals surface area (Å²) >= 11 is 0. The van der Waals surface area contributed by atoms with Gasteiger partial charge >= 0.3 is 0 Å². The van der Waals surface area contributed by atoms with Crippen molar-refractivity contribution < 1.29 is 0 Å². The smallest absolute Gasteiger partial charge is 0.101 e. The van der Waals surface area contributed by atoms with Crippen molar-refractivity contribution in [1.82, 2.24) is 15.2 Å². The van der Waals surface area contributed by atoms with Crippen LogP contribution in [0.1, 0.15) is 23.6 Å². The molecule has 0 spiro atoms. The Balaban J connectivity index is 1.30. The number of benzene rings is 2. The summed E-state index contributed by atoms with van der Waals surface area (Å²) in [7, 11) is 0. The first kappa shape index (κ1) is 20.5. The van der Waals surface area contributed by atoms with Crippen molar-refractivity contribution in [3.63, 3.8) is 0 Å². The van der Waals surface area contributed by atoms with Crippen LogP contribution in [0.2, 0.25) is 0 Å². The van der Waals surface area contributed by atoms with E-state index in [1.807, 2.05) is 12.1 Å². The van der Waals surface area contributed by atoms with Crippen molar-refractivity contribution in [2.75, 3.05) is 49.1 Å². The lowest BCUT2D eigenvalue weighted by Gasteiger charge is -2.52. The van der Waals surface area contributed by atoms with Crippen molar-refractivity contribution in [3.8, 4) is 6.07 Å². The average Bonchev–Trinajstić information content (AvgIpc) is 2.87.